The van der Waals surface area contributed by atoms with Crippen LogP contribution in [0.4, 0.5) is 0 Å². The molecule has 2 nitrogen and oxygen atoms in total. The van der Waals surface area contributed by atoms with Crippen LogP contribution in [0.2, 0.25) is 0 Å². The summed E-state index contributed by atoms with van der Waals surface area (Å²) in [6, 6.07) is 10.2. The Morgan fingerprint density at radius 3 is 2.33 bits per heavy atom. The highest BCUT2D eigenvalue weighted by molar-refractivity contribution is 5.13. The molecule has 84 valence electrons. The highest BCUT2D eigenvalue weighted by atomic mass is 16.5. The zero-order chi connectivity index (χ0) is 11.1. The van der Waals surface area contributed by atoms with Crippen LogP contribution in [0.3, 0.4) is 0 Å². The average Bonchev–Trinajstić information content (AvgIpc) is 2.25. The van der Waals surface area contributed by atoms with Crippen LogP contribution in [0.25, 0.3) is 0 Å². The molecular formula is C13H20O2. The summed E-state index contributed by atoms with van der Waals surface area (Å²) >= 11 is 0. The third-order valence-corrected chi connectivity index (χ3v) is 2.38. The number of benzene rings is 1. The third kappa shape index (κ3) is 4.45. The van der Waals surface area contributed by atoms with Crippen molar-refractivity contribution >= 4 is 0 Å². The van der Waals surface area contributed by atoms with E-state index in [1.807, 2.05) is 18.2 Å². The van der Waals surface area contributed by atoms with Gasteiger partial charge in [-0.05, 0) is 11.5 Å². The molecule has 0 aliphatic rings. The molecule has 1 atom stereocenters. The van der Waals surface area contributed by atoms with Crippen LogP contribution in [0.15, 0.2) is 30.3 Å². The molecule has 2 heteroatoms. The summed E-state index contributed by atoms with van der Waals surface area (Å²) < 4.78 is 10.9. The van der Waals surface area contributed by atoms with Crippen LogP contribution in [-0.2, 0) is 16.1 Å². The van der Waals surface area contributed by atoms with Gasteiger partial charge in [-0.15, -0.1) is 0 Å². The zero-order valence-electron chi connectivity index (χ0n) is 9.77. The molecule has 0 aliphatic carbocycles. The minimum Gasteiger partial charge on any atom is -0.382 e. The second-order valence-electron chi connectivity index (χ2n) is 4.03. The lowest BCUT2D eigenvalue weighted by Gasteiger charge is -2.20. The second kappa shape index (κ2) is 6.59. The van der Waals surface area contributed by atoms with Crippen molar-refractivity contribution < 1.29 is 9.47 Å². The van der Waals surface area contributed by atoms with Crippen LogP contribution in [-0.4, -0.2) is 19.8 Å². The predicted octanol–water partition coefficient (Wildman–Crippen LogP) is 2.87. The molecule has 0 bridgehead atoms. The molecule has 0 spiro atoms. The Kier molecular flexibility index (Phi) is 5.37. The normalized spacial score (nSPS) is 13.1. The molecule has 0 fully saturated rings. The quantitative estimate of drug-likeness (QED) is 0.715. The molecule has 0 heterocycles. The largest absolute Gasteiger partial charge is 0.382 e. The Balaban J connectivity index is 2.40. The van der Waals surface area contributed by atoms with E-state index in [2.05, 4.69) is 26.0 Å². The van der Waals surface area contributed by atoms with Gasteiger partial charge in [0.05, 0.1) is 19.3 Å². The highest BCUT2D eigenvalue weighted by Gasteiger charge is 2.13. The molecule has 1 aromatic carbocycles. The SMILES string of the molecule is COCC(OCc1ccccc1)C(C)C. The number of rotatable bonds is 6. The summed E-state index contributed by atoms with van der Waals surface area (Å²) in [5.74, 6) is 0.480. The van der Waals surface area contributed by atoms with Crippen molar-refractivity contribution in [2.45, 2.75) is 26.6 Å². The van der Waals surface area contributed by atoms with Gasteiger partial charge >= 0.3 is 0 Å². The fourth-order valence-electron chi connectivity index (χ4n) is 1.37. The standard InChI is InChI=1S/C13H20O2/c1-11(2)13(10-14-3)15-9-12-7-5-4-6-8-12/h4-8,11,13H,9-10H2,1-3H3. The Labute approximate surface area is 92.2 Å². The Morgan fingerprint density at radius 2 is 1.80 bits per heavy atom. The van der Waals surface area contributed by atoms with Gasteiger partial charge in [0.1, 0.15) is 0 Å². The fraction of sp³-hybridized carbons (Fsp3) is 0.538. The first kappa shape index (κ1) is 12.2. The molecule has 0 aromatic heterocycles. The van der Waals surface area contributed by atoms with Crippen molar-refractivity contribution in [3.8, 4) is 0 Å². The van der Waals surface area contributed by atoms with E-state index in [1.54, 1.807) is 7.11 Å². The van der Waals surface area contributed by atoms with Gasteiger partial charge in [-0.25, -0.2) is 0 Å². The van der Waals surface area contributed by atoms with E-state index in [-0.39, 0.29) is 6.10 Å². The molecule has 0 radical (unpaired) electrons. The van der Waals surface area contributed by atoms with Gasteiger partial charge < -0.3 is 9.47 Å². The smallest absolute Gasteiger partial charge is 0.0835 e. The lowest BCUT2D eigenvalue weighted by Crippen LogP contribution is -2.24. The lowest BCUT2D eigenvalue weighted by molar-refractivity contribution is -0.0358. The Morgan fingerprint density at radius 1 is 1.13 bits per heavy atom. The zero-order valence-corrected chi connectivity index (χ0v) is 9.77. The molecule has 0 saturated carbocycles. The Bertz CT molecular complexity index is 256. The van der Waals surface area contributed by atoms with E-state index in [0.29, 0.717) is 19.1 Å². The van der Waals surface area contributed by atoms with Crippen LogP contribution in [0.5, 0.6) is 0 Å². The molecule has 0 aliphatic heterocycles. The molecule has 1 rings (SSSR count). The van der Waals surface area contributed by atoms with E-state index in [0.717, 1.165) is 0 Å². The maximum atomic E-state index is 5.80. The monoisotopic (exact) mass is 208 g/mol. The lowest BCUT2D eigenvalue weighted by atomic mass is 10.1. The topological polar surface area (TPSA) is 18.5 Å². The fourth-order valence-corrected chi connectivity index (χ4v) is 1.37. The molecule has 0 amide bonds. The summed E-state index contributed by atoms with van der Waals surface area (Å²) in [7, 11) is 1.71. The van der Waals surface area contributed by atoms with Crippen LogP contribution in [0, 0.1) is 5.92 Å². The summed E-state index contributed by atoms with van der Waals surface area (Å²) in [6.07, 6.45) is 0.176. The van der Waals surface area contributed by atoms with Gasteiger partial charge in [-0.1, -0.05) is 44.2 Å². The molecule has 1 unspecified atom stereocenters. The molecule has 1 aromatic rings. The van der Waals surface area contributed by atoms with Crippen molar-refractivity contribution in [2.24, 2.45) is 5.92 Å². The average molecular weight is 208 g/mol. The van der Waals surface area contributed by atoms with Crippen molar-refractivity contribution in [1.29, 1.82) is 0 Å². The number of methoxy groups -OCH3 is 1. The first-order valence-electron chi connectivity index (χ1n) is 5.38. The molecule has 0 saturated heterocycles. The van der Waals surface area contributed by atoms with Gasteiger partial charge in [0.2, 0.25) is 0 Å². The third-order valence-electron chi connectivity index (χ3n) is 2.38. The van der Waals surface area contributed by atoms with Gasteiger partial charge in [0.15, 0.2) is 0 Å². The van der Waals surface area contributed by atoms with Gasteiger partial charge in [0, 0.05) is 7.11 Å². The molecule has 0 N–H and O–H groups in total. The summed E-state index contributed by atoms with van der Waals surface area (Å²) in [4.78, 5) is 0. The minimum absolute atomic E-state index is 0.176. The number of hydrogen-bond donors (Lipinski definition) is 0. The Hall–Kier alpha value is -0.860. The summed E-state index contributed by atoms with van der Waals surface area (Å²) in [5.41, 5.74) is 1.21. The first-order chi connectivity index (χ1) is 7.24. The molecule has 15 heavy (non-hydrogen) atoms. The van der Waals surface area contributed by atoms with Crippen molar-refractivity contribution in [2.75, 3.05) is 13.7 Å². The highest BCUT2D eigenvalue weighted by Crippen LogP contribution is 2.10. The van der Waals surface area contributed by atoms with Crippen LogP contribution in [0.1, 0.15) is 19.4 Å². The predicted molar refractivity (Wildman–Crippen MR) is 61.7 cm³/mol. The maximum absolute atomic E-state index is 5.80. The van der Waals surface area contributed by atoms with Crippen LogP contribution >= 0.6 is 0 Å². The minimum atomic E-state index is 0.176. The van der Waals surface area contributed by atoms with E-state index in [9.17, 15) is 0 Å². The maximum Gasteiger partial charge on any atom is 0.0835 e. The van der Waals surface area contributed by atoms with Gasteiger partial charge in [0.25, 0.3) is 0 Å². The van der Waals surface area contributed by atoms with E-state index < -0.39 is 0 Å². The van der Waals surface area contributed by atoms with E-state index in [4.69, 9.17) is 9.47 Å². The molecular weight excluding hydrogens is 188 g/mol. The first-order valence-corrected chi connectivity index (χ1v) is 5.38. The summed E-state index contributed by atoms with van der Waals surface area (Å²) in [6.45, 7) is 5.61. The number of hydrogen-bond acceptors (Lipinski definition) is 2. The number of ether oxygens (including phenoxy) is 2. The summed E-state index contributed by atoms with van der Waals surface area (Å²) in [5, 5.41) is 0. The van der Waals surface area contributed by atoms with Gasteiger partial charge in [-0.2, -0.15) is 0 Å². The van der Waals surface area contributed by atoms with Crippen molar-refractivity contribution in [1.82, 2.24) is 0 Å². The van der Waals surface area contributed by atoms with Gasteiger partial charge in [-0.3, -0.25) is 0 Å². The van der Waals surface area contributed by atoms with Crippen molar-refractivity contribution in [3.05, 3.63) is 35.9 Å². The van der Waals surface area contributed by atoms with E-state index >= 15 is 0 Å². The van der Waals surface area contributed by atoms with Crippen LogP contribution < -0.4 is 0 Å². The van der Waals surface area contributed by atoms with Crippen molar-refractivity contribution in [3.63, 3.8) is 0 Å². The van der Waals surface area contributed by atoms with E-state index in [1.165, 1.54) is 5.56 Å². The second-order valence-corrected chi connectivity index (χ2v) is 4.03.